The third kappa shape index (κ3) is 3.65. The SMILES string of the molecule is CCCC(C)OC(c1ccco1)C(N)CC. The van der Waals surface area contributed by atoms with Gasteiger partial charge in [-0.25, -0.2) is 0 Å². The average molecular weight is 225 g/mol. The first-order valence-electron chi connectivity index (χ1n) is 6.13. The van der Waals surface area contributed by atoms with Crippen LogP contribution in [0.1, 0.15) is 51.9 Å². The zero-order valence-electron chi connectivity index (χ0n) is 10.5. The van der Waals surface area contributed by atoms with Crippen LogP contribution >= 0.6 is 0 Å². The van der Waals surface area contributed by atoms with Gasteiger partial charge in [0.2, 0.25) is 0 Å². The molecule has 0 amide bonds. The summed E-state index contributed by atoms with van der Waals surface area (Å²) < 4.78 is 11.4. The van der Waals surface area contributed by atoms with Crippen molar-refractivity contribution in [2.45, 2.75) is 58.3 Å². The lowest BCUT2D eigenvalue weighted by molar-refractivity contribution is -0.0330. The Morgan fingerprint density at radius 3 is 2.69 bits per heavy atom. The molecule has 0 spiro atoms. The Bertz CT molecular complexity index is 271. The van der Waals surface area contributed by atoms with E-state index in [0.29, 0.717) is 0 Å². The molecule has 0 radical (unpaired) electrons. The van der Waals surface area contributed by atoms with Crippen molar-refractivity contribution in [2.24, 2.45) is 5.73 Å². The van der Waals surface area contributed by atoms with Gasteiger partial charge in [-0.15, -0.1) is 0 Å². The Morgan fingerprint density at radius 2 is 2.19 bits per heavy atom. The number of ether oxygens (including phenoxy) is 1. The lowest BCUT2D eigenvalue weighted by Gasteiger charge is -2.25. The molecule has 2 N–H and O–H groups in total. The second-order valence-electron chi connectivity index (χ2n) is 4.24. The molecular weight excluding hydrogens is 202 g/mol. The molecule has 3 nitrogen and oxygen atoms in total. The van der Waals surface area contributed by atoms with Crippen molar-refractivity contribution in [3.05, 3.63) is 24.2 Å². The second-order valence-corrected chi connectivity index (χ2v) is 4.24. The van der Waals surface area contributed by atoms with Gasteiger partial charge >= 0.3 is 0 Å². The highest BCUT2D eigenvalue weighted by atomic mass is 16.5. The Balaban J connectivity index is 2.65. The Kier molecular flexibility index (Phi) is 5.56. The van der Waals surface area contributed by atoms with Gasteiger partial charge in [-0.2, -0.15) is 0 Å². The second kappa shape index (κ2) is 6.71. The van der Waals surface area contributed by atoms with E-state index < -0.39 is 0 Å². The summed E-state index contributed by atoms with van der Waals surface area (Å²) in [6.07, 6.45) is 4.81. The maximum atomic E-state index is 6.07. The first kappa shape index (κ1) is 13.3. The van der Waals surface area contributed by atoms with E-state index in [1.165, 1.54) is 0 Å². The van der Waals surface area contributed by atoms with E-state index in [0.717, 1.165) is 25.0 Å². The molecule has 0 fully saturated rings. The number of hydrogen-bond donors (Lipinski definition) is 1. The summed E-state index contributed by atoms with van der Waals surface area (Å²) in [7, 11) is 0. The Labute approximate surface area is 98.0 Å². The van der Waals surface area contributed by atoms with Crippen LogP contribution in [-0.2, 0) is 4.74 Å². The molecule has 1 aromatic rings. The smallest absolute Gasteiger partial charge is 0.134 e. The van der Waals surface area contributed by atoms with Gasteiger partial charge in [-0.3, -0.25) is 0 Å². The fourth-order valence-corrected chi connectivity index (χ4v) is 1.77. The number of nitrogens with two attached hydrogens (primary N) is 1. The number of furan rings is 1. The molecule has 1 heterocycles. The van der Waals surface area contributed by atoms with E-state index in [-0.39, 0.29) is 18.2 Å². The van der Waals surface area contributed by atoms with Gasteiger partial charge < -0.3 is 14.9 Å². The molecule has 92 valence electrons. The molecule has 0 aliphatic carbocycles. The summed E-state index contributed by atoms with van der Waals surface area (Å²) in [6.45, 7) is 6.30. The quantitative estimate of drug-likeness (QED) is 0.774. The zero-order valence-corrected chi connectivity index (χ0v) is 10.5. The minimum absolute atomic E-state index is 0.00884. The highest BCUT2D eigenvalue weighted by Gasteiger charge is 2.23. The van der Waals surface area contributed by atoms with Crippen molar-refractivity contribution in [3.63, 3.8) is 0 Å². The largest absolute Gasteiger partial charge is 0.467 e. The topological polar surface area (TPSA) is 48.4 Å². The highest BCUT2D eigenvalue weighted by Crippen LogP contribution is 2.25. The zero-order chi connectivity index (χ0) is 12.0. The molecule has 0 aliphatic rings. The molecule has 3 atom stereocenters. The monoisotopic (exact) mass is 225 g/mol. The van der Waals surface area contributed by atoms with Gasteiger partial charge in [0.05, 0.1) is 12.4 Å². The first-order valence-corrected chi connectivity index (χ1v) is 6.13. The summed E-state index contributed by atoms with van der Waals surface area (Å²) >= 11 is 0. The van der Waals surface area contributed by atoms with Crippen molar-refractivity contribution < 1.29 is 9.15 Å². The van der Waals surface area contributed by atoms with Crippen molar-refractivity contribution in [3.8, 4) is 0 Å². The molecule has 3 heteroatoms. The summed E-state index contributed by atoms with van der Waals surface area (Å²) in [5.74, 6) is 0.831. The summed E-state index contributed by atoms with van der Waals surface area (Å²) in [4.78, 5) is 0. The number of hydrogen-bond acceptors (Lipinski definition) is 3. The van der Waals surface area contributed by atoms with Crippen LogP contribution in [0.4, 0.5) is 0 Å². The molecule has 1 aromatic heterocycles. The maximum absolute atomic E-state index is 6.07. The lowest BCUT2D eigenvalue weighted by Crippen LogP contribution is -2.31. The standard InChI is InChI=1S/C13H23NO2/c1-4-7-10(3)16-13(11(14)5-2)12-8-6-9-15-12/h6,8-11,13H,4-5,7,14H2,1-3H3. The minimum Gasteiger partial charge on any atom is -0.467 e. The first-order chi connectivity index (χ1) is 7.69. The van der Waals surface area contributed by atoms with Gasteiger partial charge in [0.25, 0.3) is 0 Å². The predicted octanol–water partition coefficient (Wildman–Crippen LogP) is 3.26. The van der Waals surface area contributed by atoms with E-state index in [9.17, 15) is 0 Å². The molecule has 0 saturated carbocycles. The van der Waals surface area contributed by atoms with Crippen molar-refractivity contribution >= 4 is 0 Å². The summed E-state index contributed by atoms with van der Waals surface area (Å²) in [5.41, 5.74) is 6.07. The van der Waals surface area contributed by atoms with E-state index in [1.807, 2.05) is 12.1 Å². The van der Waals surface area contributed by atoms with E-state index in [4.69, 9.17) is 14.9 Å². The van der Waals surface area contributed by atoms with Crippen molar-refractivity contribution in [2.75, 3.05) is 0 Å². The number of rotatable bonds is 7. The normalized spacial score (nSPS) is 17.0. The van der Waals surface area contributed by atoms with Crippen LogP contribution in [0.15, 0.2) is 22.8 Å². The van der Waals surface area contributed by atoms with E-state index >= 15 is 0 Å². The minimum atomic E-state index is -0.124. The average Bonchev–Trinajstić information content (AvgIpc) is 2.78. The van der Waals surface area contributed by atoms with Gasteiger partial charge in [0, 0.05) is 6.04 Å². The van der Waals surface area contributed by atoms with Crippen molar-refractivity contribution in [1.82, 2.24) is 0 Å². The third-order valence-corrected chi connectivity index (χ3v) is 2.76. The molecule has 3 unspecified atom stereocenters. The molecule has 1 rings (SSSR count). The summed E-state index contributed by atoms with van der Waals surface area (Å²) in [5, 5.41) is 0. The van der Waals surface area contributed by atoms with Crippen LogP contribution in [0.2, 0.25) is 0 Å². The Hall–Kier alpha value is -0.800. The van der Waals surface area contributed by atoms with Gasteiger partial charge in [-0.1, -0.05) is 20.3 Å². The molecule has 0 bridgehead atoms. The highest BCUT2D eigenvalue weighted by molar-refractivity contribution is 5.05. The third-order valence-electron chi connectivity index (χ3n) is 2.76. The van der Waals surface area contributed by atoms with Crippen LogP contribution in [0.5, 0.6) is 0 Å². The van der Waals surface area contributed by atoms with Crippen LogP contribution in [0.25, 0.3) is 0 Å². The fourth-order valence-electron chi connectivity index (χ4n) is 1.77. The van der Waals surface area contributed by atoms with Gasteiger partial charge in [0.15, 0.2) is 0 Å². The molecule has 0 aromatic carbocycles. The van der Waals surface area contributed by atoms with E-state index in [1.54, 1.807) is 6.26 Å². The van der Waals surface area contributed by atoms with Crippen molar-refractivity contribution in [1.29, 1.82) is 0 Å². The van der Waals surface area contributed by atoms with Crippen LogP contribution in [0, 0.1) is 0 Å². The lowest BCUT2D eigenvalue weighted by atomic mass is 10.1. The fraction of sp³-hybridized carbons (Fsp3) is 0.692. The van der Waals surface area contributed by atoms with Gasteiger partial charge in [0.1, 0.15) is 11.9 Å². The van der Waals surface area contributed by atoms with Crippen LogP contribution in [-0.4, -0.2) is 12.1 Å². The predicted molar refractivity (Wildman–Crippen MR) is 65.2 cm³/mol. The van der Waals surface area contributed by atoms with Crippen LogP contribution in [0.3, 0.4) is 0 Å². The molecular formula is C13H23NO2. The van der Waals surface area contributed by atoms with Gasteiger partial charge in [-0.05, 0) is 31.9 Å². The Morgan fingerprint density at radius 1 is 1.44 bits per heavy atom. The van der Waals surface area contributed by atoms with E-state index in [2.05, 4.69) is 20.8 Å². The summed E-state index contributed by atoms with van der Waals surface area (Å²) in [6, 6.07) is 3.79. The maximum Gasteiger partial charge on any atom is 0.134 e. The molecule has 0 saturated heterocycles. The molecule has 16 heavy (non-hydrogen) atoms. The van der Waals surface area contributed by atoms with Crippen LogP contribution < -0.4 is 5.73 Å². The molecule has 0 aliphatic heterocycles.